The van der Waals surface area contributed by atoms with E-state index in [1.807, 2.05) is 48.5 Å². The smallest absolute Gasteiger partial charge is 0.408 e. The standard InChI is InChI=1S/C24H25N3O7/c1-24(2,3)33-23(30)25-16(22(28)29)12-20-26-21(27-34-20)15-8-6-7-14(11-15)19-13-31-17-9-4-5-10-18(17)32-19/h4-11,16,19H,12-13H2,1-3H3,(H,25,30)(H,28,29)/t16?,19-/m1/s1. The Morgan fingerprint density at radius 3 is 2.68 bits per heavy atom. The van der Waals surface area contributed by atoms with Gasteiger partial charge in [0.15, 0.2) is 17.6 Å². The highest BCUT2D eigenvalue weighted by Crippen LogP contribution is 2.36. The molecule has 10 nitrogen and oxygen atoms in total. The Balaban J connectivity index is 1.46. The number of benzene rings is 2. The van der Waals surface area contributed by atoms with Crippen molar-refractivity contribution in [3.05, 3.63) is 60.0 Å². The number of nitrogens with one attached hydrogen (secondary N) is 1. The van der Waals surface area contributed by atoms with Crippen LogP contribution in [0.4, 0.5) is 4.79 Å². The lowest BCUT2D eigenvalue weighted by Crippen LogP contribution is -2.44. The van der Waals surface area contributed by atoms with Crippen molar-refractivity contribution in [2.24, 2.45) is 0 Å². The number of carbonyl (C=O) groups excluding carboxylic acids is 1. The third-order valence-corrected chi connectivity index (χ3v) is 4.86. The minimum absolute atomic E-state index is 0.0649. The topological polar surface area (TPSA) is 133 Å². The summed E-state index contributed by atoms with van der Waals surface area (Å²) >= 11 is 0. The van der Waals surface area contributed by atoms with Crippen molar-refractivity contribution in [2.45, 2.75) is 44.9 Å². The molecule has 0 aliphatic carbocycles. The first-order valence-electron chi connectivity index (χ1n) is 10.7. The van der Waals surface area contributed by atoms with Crippen LogP contribution in [0.5, 0.6) is 11.5 Å². The highest BCUT2D eigenvalue weighted by Gasteiger charge is 2.27. The van der Waals surface area contributed by atoms with Gasteiger partial charge in [-0.1, -0.05) is 35.5 Å². The van der Waals surface area contributed by atoms with Crippen LogP contribution in [0.15, 0.2) is 53.1 Å². The summed E-state index contributed by atoms with van der Waals surface area (Å²) in [5, 5.41) is 15.7. The van der Waals surface area contributed by atoms with E-state index in [4.69, 9.17) is 18.7 Å². The van der Waals surface area contributed by atoms with Crippen LogP contribution in [0.1, 0.15) is 38.3 Å². The van der Waals surface area contributed by atoms with Crippen molar-refractivity contribution < 1.29 is 33.4 Å². The maximum atomic E-state index is 12.0. The van der Waals surface area contributed by atoms with E-state index in [-0.39, 0.29) is 24.2 Å². The molecule has 4 rings (SSSR count). The van der Waals surface area contributed by atoms with Gasteiger partial charge >= 0.3 is 12.1 Å². The van der Waals surface area contributed by atoms with Gasteiger partial charge in [0.1, 0.15) is 18.2 Å². The number of para-hydroxylation sites is 2. The number of carboxylic acid groups (broad SMARTS) is 1. The van der Waals surface area contributed by atoms with Gasteiger partial charge in [0.05, 0.1) is 6.42 Å². The zero-order valence-electron chi connectivity index (χ0n) is 19.0. The molecule has 2 N–H and O–H groups in total. The Bertz CT molecular complexity index is 1190. The largest absolute Gasteiger partial charge is 0.485 e. The number of hydrogen-bond acceptors (Lipinski definition) is 8. The van der Waals surface area contributed by atoms with Gasteiger partial charge in [0.25, 0.3) is 0 Å². The second-order valence-corrected chi connectivity index (χ2v) is 8.74. The van der Waals surface area contributed by atoms with Crippen molar-refractivity contribution in [1.29, 1.82) is 0 Å². The molecular weight excluding hydrogens is 442 g/mol. The summed E-state index contributed by atoms with van der Waals surface area (Å²) in [7, 11) is 0. The number of amides is 1. The van der Waals surface area contributed by atoms with Crippen LogP contribution < -0.4 is 14.8 Å². The van der Waals surface area contributed by atoms with E-state index in [2.05, 4.69) is 15.5 Å². The number of rotatable bonds is 6. The molecule has 1 amide bonds. The number of hydrogen-bond donors (Lipinski definition) is 2. The van der Waals surface area contributed by atoms with Crippen LogP contribution in [0.2, 0.25) is 0 Å². The summed E-state index contributed by atoms with van der Waals surface area (Å²) in [6, 6.07) is 13.6. The van der Waals surface area contributed by atoms with Crippen molar-refractivity contribution in [3.8, 4) is 22.9 Å². The first-order chi connectivity index (χ1) is 16.2. The predicted octanol–water partition coefficient (Wildman–Crippen LogP) is 3.77. The number of ether oxygens (including phenoxy) is 3. The van der Waals surface area contributed by atoms with Crippen molar-refractivity contribution >= 4 is 12.1 Å². The second kappa shape index (κ2) is 9.42. The summed E-state index contributed by atoms with van der Waals surface area (Å²) in [6.45, 7) is 5.41. The molecule has 3 aromatic rings. The summed E-state index contributed by atoms with van der Waals surface area (Å²) in [5.41, 5.74) is 0.778. The van der Waals surface area contributed by atoms with Crippen LogP contribution in [0.25, 0.3) is 11.4 Å². The Morgan fingerprint density at radius 2 is 1.94 bits per heavy atom. The molecule has 34 heavy (non-hydrogen) atoms. The van der Waals surface area contributed by atoms with E-state index >= 15 is 0 Å². The number of fused-ring (bicyclic) bond motifs is 1. The molecule has 0 saturated heterocycles. The van der Waals surface area contributed by atoms with Crippen molar-refractivity contribution in [2.75, 3.05) is 6.61 Å². The minimum Gasteiger partial charge on any atom is -0.485 e. The van der Waals surface area contributed by atoms with Crippen LogP contribution in [-0.4, -0.2) is 45.6 Å². The maximum Gasteiger partial charge on any atom is 0.408 e. The number of aliphatic carboxylic acids is 1. The van der Waals surface area contributed by atoms with Crippen LogP contribution in [0.3, 0.4) is 0 Å². The van der Waals surface area contributed by atoms with Gasteiger partial charge in [-0.25, -0.2) is 9.59 Å². The Hall–Kier alpha value is -4.08. The SMILES string of the molecule is CC(C)(C)OC(=O)NC(Cc1nc(-c2cccc([C@H]3COc4ccccc4O3)c2)no1)C(=O)O. The molecule has 2 aromatic carbocycles. The van der Waals surface area contributed by atoms with E-state index in [0.717, 1.165) is 5.56 Å². The first-order valence-corrected chi connectivity index (χ1v) is 10.7. The number of nitrogens with zero attached hydrogens (tertiary/aromatic N) is 2. The lowest BCUT2D eigenvalue weighted by Gasteiger charge is -2.26. The van der Waals surface area contributed by atoms with Crippen LogP contribution >= 0.6 is 0 Å². The van der Waals surface area contributed by atoms with Gasteiger partial charge in [0, 0.05) is 5.56 Å². The summed E-state index contributed by atoms with van der Waals surface area (Å²) in [5.74, 6) is 0.474. The quantitative estimate of drug-likeness (QED) is 0.556. The molecule has 0 radical (unpaired) electrons. The highest BCUT2D eigenvalue weighted by molar-refractivity contribution is 5.80. The van der Waals surface area contributed by atoms with Crippen LogP contribution in [0, 0.1) is 0 Å². The molecule has 10 heteroatoms. The molecule has 1 aliphatic rings. The molecule has 0 saturated carbocycles. The fraction of sp³-hybridized carbons (Fsp3) is 0.333. The van der Waals surface area contributed by atoms with E-state index in [1.54, 1.807) is 20.8 Å². The van der Waals surface area contributed by atoms with E-state index in [0.29, 0.717) is 23.7 Å². The van der Waals surface area contributed by atoms with E-state index < -0.39 is 23.7 Å². The normalized spacial score (nSPS) is 15.9. The van der Waals surface area contributed by atoms with Gasteiger partial charge < -0.3 is 29.2 Å². The molecule has 2 heterocycles. The molecule has 2 atom stereocenters. The summed E-state index contributed by atoms with van der Waals surface area (Å²) < 4.78 is 22.2. The van der Waals surface area contributed by atoms with Gasteiger partial charge in [-0.15, -0.1) is 0 Å². The molecule has 1 aromatic heterocycles. The number of alkyl carbamates (subject to hydrolysis) is 1. The minimum atomic E-state index is -1.29. The number of aromatic nitrogens is 2. The lowest BCUT2D eigenvalue weighted by molar-refractivity contribution is -0.139. The molecule has 178 valence electrons. The average molecular weight is 467 g/mol. The molecule has 0 fully saturated rings. The Kier molecular flexibility index (Phi) is 6.40. The van der Waals surface area contributed by atoms with Gasteiger partial charge in [-0.3, -0.25) is 0 Å². The monoisotopic (exact) mass is 467 g/mol. The fourth-order valence-electron chi connectivity index (χ4n) is 3.34. The number of carbonyl (C=O) groups is 2. The average Bonchev–Trinajstić information content (AvgIpc) is 3.26. The van der Waals surface area contributed by atoms with E-state index in [1.165, 1.54) is 0 Å². The van der Waals surface area contributed by atoms with Crippen LogP contribution in [-0.2, 0) is 16.0 Å². The summed E-state index contributed by atoms with van der Waals surface area (Å²) in [4.78, 5) is 27.9. The zero-order chi connectivity index (χ0) is 24.3. The maximum absolute atomic E-state index is 12.0. The van der Waals surface area contributed by atoms with Gasteiger partial charge in [0.2, 0.25) is 11.7 Å². The van der Waals surface area contributed by atoms with Gasteiger partial charge in [-0.05, 0) is 44.5 Å². The number of carboxylic acids is 1. The first kappa shape index (κ1) is 23.1. The molecule has 1 unspecified atom stereocenters. The molecular formula is C24H25N3O7. The van der Waals surface area contributed by atoms with E-state index in [9.17, 15) is 14.7 Å². The van der Waals surface area contributed by atoms with Crippen molar-refractivity contribution in [3.63, 3.8) is 0 Å². The Morgan fingerprint density at radius 1 is 1.18 bits per heavy atom. The Labute approximate surface area is 195 Å². The highest BCUT2D eigenvalue weighted by atomic mass is 16.6. The molecule has 0 bridgehead atoms. The third-order valence-electron chi connectivity index (χ3n) is 4.86. The third kappa shape index (κ3) is 5.64. The molecule has 0 spiro atoms. The second-order valence-electron chi connectivity index (χ2n) is 8.74. The fourth-order valence-corrected chi connectivity index (χ4v) is 3.34. The summed E-state index contributed by atoms with van der Waals surface area (Å²) in [6.07, 6.45) is -1.35. The van der Waals surface area contributed by atoms with Gasteiger partial charge in [-0.2, -0.15) is 4.98 Å². The predicted molar refractivity (Wildman–Crippen MR) is 120 cm³/mol. The lowest BCUT2D eigenvalue weighted by atomic mass is 10.1. The molecule has 1 aliphatic heterocycles. The van der Waals surface area contributed by atoms with Crippen molar-refractivity contribution in [1.82, 2.24) is 15.5 Å². The zero-order valence-corrected chi connectivity index (χ0v) is 19.0.